The molecule has 4 nitrogen and oxygen atoms in total. The highest BCUT2D eigenvalue weighted by Gasteiger charge is 2.21. The molecule has 3 aromatic rings. The first-order valence-electron chi connectivity index (χ1n) is 8.62. The predicted octanol–water partition coefficient (Wildman–Crippen LogP) is 3.77. The van der Waals surface area contributed by atoms with Gasteiger partial charge in [0, 0.05) is 0 Å². The Balaban J connectivity index is 2.08. The van der Waals surface area contributed by atoms with Crippen LogP contribution < -0.4 is 11.1 Å². The lowest BCUT2D eigenvalue weighted by Crippen LogP contribution is -2.44. The molecule has 0 saturated carbocycles. The van der Waals surface area contributed by atoms with Crippen molar-refractivity contribution in [1.29, 1.82) is 0 Å². The summed E-state index contributed by atoms with van der Waals surface area (Å²) in [5.74, 6) is -0.751. The number of amides is 2. The van der Waals surface area contributed by atoms with Crippen molar-refractivity contribution in [2.75, 3.05) is 0 Å². The number of benzene rings is 3. The summed E-state index contributed by atoms with van der Waals surface area (Å²) in [5.41, 5.74) is 6.07. The molecule has 0 radical (unpaired) electrons. The Morgan fingerprint density at radius 1 is 1.00 bits per heavy atom. The fourth-order valence-electron chi connectivity index (χ4n) is 3.18. The van der Waals surface area contributed by atoms with Crippen molar-refractivity contribution in [3.05, 3.63) is 60.2 Å². The number of carbonyl (C=O) groups excluding carboxylic acids is 2. The Labute approximate surface area is 147 Å². The van der Waals surface area contributed by atoms with Crippen molar-refractivity contribution in [3.63, 3.8) is 0 Å². The first-order valence-corrected chi connectivity index (χ1v) is 8.62. The zero-order chi connectivity index (χ0) is 17.8. The second kappa shape index (κ2) is 7.34. The number of fused-ring (bicyclic) bond motifs is 2. The van der Waals surface area contributed by atoms with Crippen LogP contribution in [0.4, 0.5) is 0 Å². The summed E-state index contributed by atoms with van der Waals surface area (Å²) in [7, 11) is 0. The van der Waals surface area contributed by atoms with Crippen LogP contribution in [0.5, 0.6) is 0 Å². The van der Waals surface area contributed by atoms with Crippen LogP contribution in [-0.2, 0) is 4.79 Å². The van der Waals surface area contributed by atoms with E-state index < -0.39 is 11.9 Å². The van der Waals surface area contributed by atoms with Crippen LogP contribution in [0.25, 0.3) is 21.5 Å². The fraction of sp³-hybridized carbons (Fsp3) is 0.238. The second-order valence-corrected chi connectivity index (χ2v) is 6.26. The third-order valence-electron chi connectivity index (χ3n) is 4.49. The van der Waals surface area contributed by atoms with E-state index in [1.807, 2.05) is 55.5 Å². The molecule has 0 heterocycles. The van der Waals surface area contributed by atoms with Crippen molar-refractivity contribution < 1.29 is 9.59 Å². The summed E-state index contributed by atoms with van der Waals surface area (Å²) in [6, 6.07) is 17.0. The van der Waals surface area contributed by atoms with Gasteiger partial charge in [0.1, 0.15) is 6.04 Å². The minimum atomic E-state index is -0.648. The van der Waals surface area contributed by atoms with E-state index >= 15 is 0 Å². The number of nitrogens with one attached hydrogen (secondary N) is 1. The lowest BCUT2D eigenvalue weighted by atomic mass is 9.96. The zero-order valence-electron chi connectivity index (χ0n) is 14.3. The molecule has 0 saturated heterocycles. The largest absolute Gasteiger partial charge is 0.368 e. The van der Waals surface area contributed by atoms with Gasteiger partial charge >= 0.3 is 0 Å². The van der Waals surface area contributed by atoms with Crippen LogP contribution in [-0.4, -0.2) is 17.9 Å². The minimum absolute atomic E-state index is 0.257. The minimum Gasteiger partial charge on any atom is -0.368 e. The van der Waals surface area contributed by atoms with Crippen LogP contribution >= 0.6 is 0 Å². The lowest BCUT2D eigenvalue weighted by Gasteiger charge is -2.17. The maximum absolute atomic E-state index is 13.0. The Bertz CT molecular complexity index is 879. The topological polar surface area (TPSA) is 72.2 Å². The molecular formula is C21H22N2O2. The van der Waals surface area contributed by atoms with Crippen LogP contribution in [0.2, 0.25) is 0 Å². The Kier molecular flexibility index (Phi) is 4.98. The van der Waals surface area contributed by atoms with Gasteiger partial charge in [0.2, 0.25) is 5.91 Å². The number of hydrogen-bond acceptors (Lipinski definition) is 2. The number of nitrogens with two attached hydrogens (primary N) is 1. The molecular weight excluding hydrogens is 312 g/mol. The van der Waals surface area contributed by atoms with E-state index in [-0.39, 0.29) is 5.91 Å². The molecule has 128 valence electrons. The highest BCUT2D eigenvalue weighted by atomic mass is 16.2. The number of hydrogen-bond donors (Lipinski definition) is 2. The van der Waals surface area contributed by atoms with Crippen molar-refractivity contribution in [1.82, 2.24) is 5.32 Å². The van der Waals surface area contributed by atoms with Crippen molar-refractivity contribution in [2.24, 2.45) is 5.73 Å². The molecule has 0 spiro atoms. The van der Waals surface area contributed by atoms with Gasteiger partial charge in [-0.2, -0.15) is 0 Å². The second-order valence-electron chi connectivity index (χ2n) is 6.26. The van der Waals surface area contributed by atoms with E-state index in [4.69, 9.17) is 5.73 Å². The average molecular weight is 334 g/mol. The van der Waals surface area contributed by atoms with Gasteiger partial charge in [0.25, 0.3) is 5.91 Å². The molecule has 4 heteroatoms. The molecule has 1 atom stereocenters. The zero-order valence-corrected chi connectivity index (χ0v) is 14.3. The quantitative estimate of drug-likeness (QED) is 0.674. The first kappa shape index (κ1) is 17.0. The van der Waals surface area contributed by atoms with Crippen LogP contribution in [0, 0.1) is 0 Å². The summed E-state index contributed by atoms with van der Waals surface area (Å²) in [6.07, 6.45) is 2.33. The molecule has 0 aliphatic heterocycles. The summed E-state index contributed by atoms with van der Waals surface area (Å²) < 4.78 is 0. The fourth-order valence-corrected chi connectivity index (χ4v) is 3.18. The molecule has 0 aromatic heterocycles. The number of carbonyl (C=O) groups is 2. The van der Waals surface area contributed by atoms with Crippen molar-refractivity contribution in [2.45, 2.75) is 32.2 Å². The number of rotatable bonds is 6. The lowest BCUT2D eigenvalue weighted by molar-refractivity contribution is -0.120. The van der Waals surface area contributed by atoms with Gasteiger partial charge in [0.05, 0.1) is 5.56 Å². The van der Waals surface area contributed by atoms with Crippen molar-refractivity contribution in [3.8, 4) is 0 Å². The molecule has 3 N–H and O–H groups in total. The standard InChI is InChI=1S/C21H22N2O2/c1-2-3-12-18(20(22)24)23-21(25)19-16-10-6-4-8-14(16)13-15-9-5-7-11-17(15)19/h4-11,13,18H,2-3,12H2,1H3,(H2,22,24)(H,23,25)/t18-/m0/s1. The summed E-state index contributed by atoms with van der Waals surface area (Å²) in [6.45, 7) is 2.04. The third kappa shape index (κ3) is 3.48. The van der Waals surface area contributed by atoms with Crippen LogP contribution in [0.15, 0.2) is 54.6 Å². The summed E-state index contributed by atoms with van der Waals surface area (Å²) >= 11 is 0. The van der Waals surface area contributed by atoms with E-state index in [9.17, 15) is 9.59 Å². The molecule has 0 unspecified atom stereocenters. The van der Waals surface area contributed by atoms with E-state index in [0.717, 1.165) is 34.4 Å². The van der Waals surface area contributed by atoms with Gasteiger partial charge in [-0.15, -0.1) is 0 Å². The Morgan fingerprint density at radius 3 is 2.08 bits per heavy atom. The molecule has 0 bridgehead atoms. The smallest absolute Gasteiger partial charge is 0.253 e. The van der Waals surface area contributed by atoms with Gasteiger partial charge in [-0.25, -0.2) is 0 Å². The molecule has 2 amide bonds. The maximum atomic E-state index is 13.0. The average Bonchev–Trinajstić information content (AvgIpc) is 2.62. The predicted molar refractivity (Wildman–Crippen MR) is 101 cm³/mol. The number of primary amides is 1. The molecule has 25 heavy (non-hydrogen) atoms. The van der Waals surface area contributed by atoms with Gasteiger partial charge < -0.3 is 11.1 Å². The molecule has 0 aliphatic carbocycles. The summed E-state index contributed by atoms with van der Waals surface area (Å²) in [4.78, 5) is 24.7. The molecule has 3 rings (SSSR count). The number of unbranched alkanes of at least 4 members (excludes halogenated alkanes) is 1. The normalized spacial score (nSPS) is 12.2. The van der Waals surface area contributed by atoms with Crippen LogP contribution in [0.1, 0.15) is 36.5 Å². The van der Waals surface area contributed by atoms with E-state index in [2.05, 4.69) is 11.4 Å². The monoisotopic (exact) mass is 334 g/mol. The van der Waals surface area contributed by atoms with E-state index in [1.165, 1.54) is 0 Å². The molecule has 3 aromatic carbocycles. The maximum Gasteiger partial charge on any atom is 0.253 e. The van der Waals surface area contributed by atoms with Crippen molar-refractivity contribution >= 4 is 33.4 Å². The third-order valence-corrected chi connectivity index (χ3v) is 4.49. The first-order chi connectivity index (χ1) is 12.1. The highest BCUT2D eigenvalue weighted by Crippen LogP contribution is 2.28. The highest BCUT2D eigenvalue weighted by molar-refractivity contribution is 6.18. The SMILES string of the molecule is CCCC[C@H](NC(=O)c1c2ccccc2cc2ccccc12)C(N)=O. The van der Waals surface area contributed by atoms with E-state index in [1.54, 1.807) is 0 Å². The Hall–Kier alpha value is -2.88. The van der Waals surface area contributed by atoms with Gasteiger partial charge in [-0.05, 0) is 34.0 Å². The van der Waals surface area contributed by atoms with E-state index in [0.29, 0.717) is 12.0 Å². The van der Waals surface area contributed by atoms with Gasteiger partial charge in [0.15, 0.2) is 0 Å². The molecule has 0 fully saturated rings. The molecule has 0 aliphatic rings. The van der Waals surface area contributed by atoms with Crippen LogP contribution in [0.3, 0.4) is 0 Å². The van der Waals surface area contributed by atoms with Gasteiger partial charge in [-0.1, -0.05) is 68.3 Å². The Morgan fingerprint density at radius 2 is 1.56 bits per heavy atom. The summed E-state index contributed by atoms with van der Waals surface area (Å²) in [5, 5.41) is 6.58. The van der Waals surface area contributed by atoms with Gasteiger partial charge in [-0.3, -0.25) is 9.59 Å².